The van der Waals surface area contributed by atoms with Crippen LogP contribution >= 0.6 is 0 Å². The topological polar surface area (TPSA) is 73.6 Å². The first-order valence-corrected chi connectivity index (χ1v) is 7.01. The molecule has 1 aromatic rings. The number of hydrogen-bond donors (Lipinski definition) is 2. The summed E-state index contributed by atoms with van der Waals surface area (Å²) in [5.74, 6) is 0.606. The molecule has 0 aliphatic heterocycles. The third-order valence-electron chi connectivity index (χ3n) is 2.98. The average molecular weight is 261 g/mol. The number of hydrogen-bond acceptors (Lipinski definition) is 5. The second kappa shape index (κ2) is 8.44. The van der Waals surface area contributed by atoms with Crippen LogP contribution in [0.2, 0.25) is 0 Å². The Morgan fingerprint density at radius 1 is 1.05 bits per heavy atom. The molecule has 0 atom stereocenters. The van der Waals surface area contributed by atoms with Gasteiger partial charge in [0, 0.05) is 13.1 Å². The zero-order chi connectivity index (χ0) is 14.1. The summed E-state index contributed by atoms with van der Waals surface area (Å²) in [5, 5.41) is 24.2. The minimum absolute atomic E-state index is 0.606. The molecule has 0 amide bonds. The highest BCUT2D eigenvalue weighted by atomic mass is 15.2. The molecule has 0 saturated heterocycles. The molecule has 0 aromatic carbocycles. The van der Waals surface area contributed by atoms with Gasteiger partial charge in [-0.25, -0.2) is 0 Å². The molecule has 0 aliphatic rings. The zero-order valence-corrected chi connectivity index (χ0v) is 12.1. The molecule has 0 bridgehead atoms. The summed E-state index contributed by atoms with van der Waals surface area (Å²) in [4.78, 5) is 0. The molecule has 0 radical (unpaired) electrons. The van der Waals surface area contributed by atoms with Gasteiger partial charge in [-0.1, -0.05) is 20.8 Å². The monoisotopic (exact) mass is 261 g/mol. The van der Waals surface area contributed by atoms with Gasteiger partial charge in [0.1, 0.15) is 11.6 Å². The maximum Gasteiger partial charge on any atom is 0.166 e. The van der Waals surface area contributed by atoms with Gasteiger partial charge in [-0.15, -0.1) is 5.10 Å². The molecule has 5 heteroatoms. The van der Waals surface area contributed by atoms with Crippen molar-refractivity contribution in [3.05, 3.63) is 16.8 Å². The van der Waals surface area contributed by atoms with E-state index in [-0.39, 0.29) is 0 Å². The van der Waals surface area contributed by atoms with E-state index in [1.54, 1.807) is 0 Å². The molecular formula is C14H23N5. The fourth-order valence-corrected chi connectivity index (χ4v) is 1.99. The van der Waals surface area contributed by atoms with E-state index in [2.05, 4.69) is 33.8 Å². The molecule has 19 heavy (non-hydrogen) atoms. The maximum absolute atomic E-state index is 9.32. The predicted octanol–water partition coefficient (Wildman–Crippen LogP) is 1.88. The van der Waals surface area contributed by atoms with Gasteiger partial charge in [0.2, 0.25) is 0 Å². The number of nitrogens with one attached hydrogen (secondary N) is 2. The van der Waals surface area contributed by atoms with Crippen LogP contribution < -0.4 is 10.6 Å². The lowest BCUT2D eigenvalue weighted by Gasteiger charge is -2.12. The maximum atomic E-state index is 9.32. The molecule has 5 nitrogen and oxygen atoms in total. The predicted molar refractivity (Wildman–Crippen MR) is 77.2 cm³/mol. The molecule has 0 saturated carbocycles. The Morgan fingerprint density at radius 2 is 1.84 bits per heavy atom. The van der Waals surface area contributed by atoms with Crippen molar-refractivity contribution in [3.8, 4) is 6.07 Å². The number of anilines is 1. The summed E-state index contributed by atoms with van der Waals surface area (Å²) in [7, 11) is 0. The van der Waals surface area contributed by atoms with E-state index < -0.39 is 0 Å². The Balaban J connectivity index is 2.76. The average Bonchev–Trinajstić information content (AvgIpc) is 2.45. The van der Waals surface area contributed by atoms with Crippen LogP contribution in [0.5, 0.6) is 0 Å². The van der Waals surface area contributed by atoms with Crippen LogP contribution in [-0.4, -0.2) is 29.8 Å². The van der Waals surface area contributed by atoms with Gasteiger partial charge in [-0.3, -0.25) is 0 Å². The number of rotatable bonds is 8. The third kappa shape index (κ3) is 4.18. The molecule has 0 unspecified atom stereocenters. The quantitative estimate of drug-likeness (QED) is 0.699. The van der Waals surface area contributed by atoms with Crippen molar-refractivity contribution >= 4 is 5.82 Å². The Hall–Kier alpha value is -1.67. The Labute approximate surface area is 115 Å². The molecule has 0 aliphatic carbocycles. The molecule has 1 heterocycles. The van der Waals surface area contributed by atoms with Gasteiger partial charge in [0.05, 0.1) is 5.69 Å². The lowest BCUT2D eigenvalue weighted by Crippen LogP contribution is -2.23. The fourth-order valence-electron chi connectivity index (χ4n) is 1.99. The Bertz CT molecular complexity index is 436. The van der Waals surface area contributed by atoms with E-state index in [1.807, 2.05) is 13.8 Å². The van der Waals surface area contributed by atoms with E-state index in [1.165, 1.54) is 0 Å². The Kier molecular flexibility index (Phi) is 6.83. The normalized spacial score (nSPS) is 10.2. The number of aryl methyl sites for hydroxylation is 1. The summed E-state index contributed by atoms with van der Waals surface area (Å²) in [5.41, 5.74) is 2.59. The van der Waals surface area contributed by atoms with Crippen molar-refractivity contribution in [1.82, 2.24) is 15.5 Å². The number of nitriles is 1. The van der Waals surface area contributed by atoms with Crippen LogP contribution in [0.4, 0.5) is 5.82 Å². The van der Waals surface area contributed by atoms with Crippen LogP contribution in [0.25, 0.3) is 0 Å². The highest BCUT2D eigenvalue weighted by Gasteiger charge is 2.13. The second-order valence-corrected chi connectivity index (χ2v) is 4.34. The van der Waals surface area contributed by atoms with Crippen molar-refractivity contribution in [2.75, 3.05) is 25.0 Å². The highest BCUT2D eigenvalue weighted by molar-refractivity contribution is 5.56. The highest BCUT2D eigenvalue weighted by Crippen LogP contribution is 2.19. The number of nitrogens with zero attached hydrogens (tertiary/aromatic N) is 3. The summed E-state index contributed by atoms with van der Waals surface area (Å²) in [6.07, 6.45) is 2.74. The van der Waals surface area contributed by atoms with Crippen molar-refractivity contribution in [2.45, 2.75) is 40.0 Å². The van der Waals surface area contributed by atoms with Gasteiger partial charge in [0.15, 0.2) is 5.82 Å². The van der Waals surface area contributed by atoms with E-state index >= 15 is 0 Å². The third-order valence-corrected chi connectivity index (χ3v) is 2.98. The minimum atomic E-state index is 0.606. The standard InChI is InChI=1S/C14H23N5/c1-4-7-16-8-9-17-14-12(10-15)11(5-2)13(6-3)18-19-14/h16H,4-9H2,1-3H3,(H,17,19). The van der Waals surface area contributed by atoms with Crippen LogP contribution in [-0.2, 0) is 12.8 Å². The van der Waals surface area contributed by atoms with Gasteiger partial charge in [0.25, 0.3) is 0 Å². The lowest BCUT2D eigenvalue weighted by molar-refractivity contribution is 0.686. The molecule has 0 spiro atoms. The summed E-state index contributed by atoms with van der Waals surface area (Å²) in [6.45, 7) is 8.83. The van der Waals surface area contributed by atoms with Crippen LogP contribution in [0.3, 0.4) is 0 Å². The van der Waals surface area contributed by atoms with Gasteiger partial charge in [-0.05, 0) is 31.4 Å². The van der Waals surface area contributed by atoms with Crippen LogP contribution in [0.15, 0.2) is 0 Å². The fraction of sp³-hybridized carbons (Fsp3) is 0.643. The van der Waals surface area contributed by atoms with Gasteiger partial charge >= 0.3 is 0 Å². The first-order chi connectivity index (χ1) is 9.28. The zero-order valence-electron chi connectivity index (χ0n) is 12.1. The van der Waals surface area contributed by atoms with E-state index in [0.29, 0.717) is 11.4 Å². The van der Waals surface area contributed by atoms with E-state index in [0.717, 1.165) is 50.2 Å². The number of aromatic nitrogens is 2. The first-order valence-electron chi connectivity index (χ1n) is 7.01. The van der Waals surface area contributed by atoms with Crippen LogP contribution in [0.1, 0.15) is 44.0 Å². The summed E-state index contributed by atoms with van der Waals surface area (Å²) < 4.78 is 0. The first kappa shape index (κ1) is 15.4. The van der Waals surface area contributed by atoms with Gasteiger partial charge < -0.3 is 10.6 Å². The molecule has 1 rings (SSSR count). The second-order valence-electron chi connectivity index (χ2n) is 4.34. The lowest BCUT2D eigenvalue weighted by atomic mass is 10.0. The van der Waals surface area contributed by atoms with Crippen molar-refractivity contribution < 1.29 is 0 Å². The smallest absolute Gasteiger partial charge is 0.166 e. The summed E-state index contributed by atoms with van der Waals surface area (Å²) >= 11 is 0. The van der Waals surface area contributed by atoms with Crippen LogP contribution in [0, 0.1) is 11.3 Å². The van der Waals surface area contributed by atoms with E-state index in [4.69, 9.17) is 0 Å². The SMILES string of the molecule is CCCNCCNc1nnc(CC)c(CC)c1C#N. The molecule has 104 valence electrons. The van der Waals surface area contributed by atoms with Gasteiger partial charge in [-0.2, -0.15) is 10.4 Å². The van der Waals surface area contributed by atoms with Crippen molar-refractivity contribution in [2.24, 2.45) is 0 Å². The molecule has 1 aromatic heterocycles. The molecular weight excluding hydrogens is 238 g/mol. The Morgan fingerprint density at radius 3 is 2.42 bits per heavy atom. The molecule has 2 N–H and O–H groups in total. The van der Waals surface area contributed by atoms with Crippen molar-refractivity contribution in [1.29, 1.82) is 5.26 Å². The van der Waals surface area contributed by atoms with E-state index in [9.17, 15) is 5.26 Å². The summed E-state index contributed by atoms with van der Waals surface area (Å²) in [6, 6.07) is 2.26. The van der Waals surface area contributed by atoms with Crippen molar-refractivity contribution in [3.63, 3.8) is 0 Å². The largest absolute Gasteiger partial charge is 0.366 e. The molecule has 0 fully saturated rings. The minimum Gasteiger partial charge on any atom is -0.366 e.